The van der Waals surface area contributed by atoms with Gasteiger partial charge in [0, 0.05) is 11.6 Å². The lowest BCUT2D eigenvalue weighted by molar-refractivity contribution is -0.132. The summed E-state index contributed by atoms with van der Waals surface area (Å²) < 4.78 is 4.83. The maximum atomic E-state index is 10.6. The highest BCUT2D eigenvalue weighted by Gasteiger charge is 2.21. The van der Waals surface area contributed by atoms with Gasteiger partial charge in [0.05, 0.1) is 0 Å². The zero-order valence-electron chi connectivity index (χ0n) is 5.55. The molecule has 0 aromatic carbocycles. The predicted molar refractivity (Wildman–Crippen MR) is 36.0 cm³/mol. The normalized spacial score (nSPS) is 21.3. The molecule has 0 saturated carbocycles. The Labute approximate surface area is 58.5 Å². The van der Waals surface area contributed by atoms with Crippen molar-refractivity contribution >= 4 is 5.97 Å². The summed E-state index contributed by atoms with van der Waals surface area (Å²) in [5.41, 5.74) is 2.04. The van der Waals surface area contributed by atoms with Gasteiger partial charge in [-0.15, -0.1) is 0 Å². The van der Waals surface area contributed by atoms with Crippen molar-refractivity contribution in [2.24, 2.45) is 0 Å². The summed E-state index contributed by atoms with van der Waals surface area (Å²) in [5, 5.41) is 0. The van der Waals surface area contributed by atoms with Crippen molar-refractivity contribution in [2.75, 3.05) is 0 Å². The lowest BCUT2D eigenvalue weighted by atomic mass is 10.3. The lowest BCUT2D eigenvalue weighted by Gasteiger charge is -1.91. The summed E-state index contributed by atoms with van der Waals surface area (Å²) in [5.74, 6) is 0.438. The van der Waals surface area contributed by atoms with Crippen molar-refractivity contribution < 1.29 is 9.53 Å². The molecule has 0 atom stereocenters. The Morgan fingerprint density at radius 3 is 2.80 bits per heavy atom. The highest BCUT2D eigenvalue weighted by molar-refractivity contribution is 5.90. The Hall–Kier alpha value is -1.31. The van der Waals surface area contributed by atoms with Gasteiger partial charge in [-0.1, -0.05) is 0 Å². The first kappa shape index (κ1) is 5.47. The monoisotopic (exact) mass is 134 g/mol. The largest absolute Gasteiger partial charge is 0.423 e. The van der Waals surface area contributed by atoms with E-state index in [1.54, 1.807) is 0 Å². The molecule has 2 nitrogen and oxygen atoms in total. The summed E-state index contributed by atoms with van der Waals surface area (Å²) in [6.45, 7) is 1.97. The molecular weight excluding hydrogens is 128 g/mol. The van der Waals surface area contributed by atoms with Crippen molar-refractivity contribution in [3.05, 3.63) is 35.1 Å². The molecule has 2 heteroatoms. The fourth-order valence-electron chi connectivity index (χ4n) is 1.11. The zero-order valence-corrected chi connectivity index (χ0v) is 5.55. The third-order valence-electron chi connectivity index (χ3n) is 1.51. The number of ether oxygens (including phenoxy) is 1. The summed E-state index contributed by atoms with van der Waals surface area (Å²) in [4.78, 5) is 10.6. The van der Waals surface area contributed by atoms with E-state index in [1.165, 1.54) is 6.08 Å². The van der Waals surface area contributed by atoms with Crippen LogP contribution in [0.1, 0.15) is 6.92 Å². The Morgan fingerprint density at radius 1 is 1.30 bits per heavy atom. The van der Waals surface area contributed by atoms with E-state index < -0.39 is 0 Å². The first-order valence-corrected chi connectivity index (χ1v) is 3.09. The van der Waals surface area contributed by atoms with Crippen LogP contribution in [0.15, 0.2) is 35.1 Å². The molecule has 0 radical (unpaired) electrons. The van der Waals surface area contributed by atoms with Gasteiger partial charge >= 0.3 is 5.97 Å². The highest BCUT2D eigenvalue weighted by Crippen LogP contribution is 2.28. The number of carbonyl (C=O) groups excluding carboxylic acids is 1. The van der Waals surface area contributed by atoms with Crippen LogP contribution in [0.25, 0.3) is 0 Å². The van der Waals surface area contributed by atoms with Crippen molar-refractivity contribution in [3.63, 3.8) is 0 Å². The summed E-state index contributed by atoms with van der Waals surface area (Å²) in [6, 6.07) is 0. The standard InChI is InChI=1S/C8H6O2/c1-5-2-6-4-8(9)10-7(6)3-5/h2-4H,1H3. The van der Waals surface area contributed by atoms with E-state index in [-0.39, 0.29) is 5.97 Å². The van der Waals surface area contributed by atoms with Crippen LogP contribution in [-0.2, 0) is 9.53 Å². The number of rotatable bonds is 0. The first-order chi connectivity index (χ1) is 4.75. The maximum Gasteiger partial charge on any atom is 0.336 e. The second kappa shape index (κ2) is 1.59. The molecule has 1 heterocycles. The number of fused-ring (bicyclic) bond motifs is 1. The lowest BCUT2D eigenvalue weighted by Crippen LogP contribution is -1.89. The molecule has 0 aromatic rings. The maximum absolute atomic E-state index is 10.6. The van der Waals surface area contributed by atoms with E-state index in [2.05, 4.69) is 0 Å². The predicted octanol–water partition coefficient (Wildman–Crippen LogP) is 1.31. The SMILES string of the molecule is CC1=CC2=CC(=O)OC2=C1. The van der Waals surface area contributed by atoms with Crippen molar-refractivity contribution in [3.8, 4) is 0 Å². The Bertz CT molecular complexity index is 292. The van der Waals surface area contributed by atoms with E-state index >= 15 is 0 Å². The molecule has 0 bridgehead atoms. The molecule has 0 saturated heterocycles. The van der Waals surface area contributed by atoms with Crippen LogP contribution >= 0.6 is 0 Å². The average molecular weight is 134 g/mol. The second-order valence-corrected chi connectivity index (χ2v) is 2.42. The van der Waals surface area contributed by atoms with Crippen LogP contribution in [0, 0.1) is 0 Å². The minimum Gasteiger partial charge on any atom is -0.423 e. The minimum absolute atomic E-state index is 0.259. The number of allylic oxidation sites excluding steroid dienone is 3. The van der Waals surface area contributed by atoms with E-state index in [0.29, 0.717) is 5.76 Å². The smallest absolute Gasteiger partial charge is 0.336 e. The first-order valence-electron chi connectivity index (χ1n) is 3.09. The third-order valence-corrected chi connectivity index (χ3v) is 1.51. The Kier molecular flexibility index (Phi) is 0.873. The fourth-order valence-corrected chi connectivity index (χ4v) is 1.11. The highest BCUT2D eigenvalue weighted by atomic mass is 16.5. The fraction of sp³-hybridized carbons (Fsp3) is 0.125. The van der Waals surface area contributed by atoms with Gasteiger partial charge in [-0.3, -0.25) is 0 Å². The van der Waals surface area contributed by atoms with Gasteiger partial charge in [-0.25, -0.2) is 4.79 Å². The molecule has 10 heavy (non-hydrogen) atoms. The number of hydrogen-bond donors (Lipinski definition) is 0. The molecular formula is C8H6O2. The summed E-state index contributed by atoms with van der Waals surface area (Å²) >= 11 is 0. The van der Waals surface area contributed by atoms with Gasteiger partial charge in [0.25, 0.3) is 0 Å². The van der Waals surface area contributed by atoms with Gasteiger partial charge in [-0.05, 0) is 24.6 Å². The van der Waals surface area contributed by atoms with Crippen LogP contribution in [0.5, 0.6) is 0 Å². The quantitative estimate of drug-likeness (QED) is 0.467. The molecule has 0 amide bonds. The summed E-state index contributed by atoms with van der Waals surface area (Å²) in [6.07, 6.45) is 5.29. The van der Waals surface area contributed by atoms with Crippen molar-refractivity contribution in [2.45, 2.75) is 6.92 Å². The molecule has 0 N–H and O–H groups in total. The number of carbonyl (C=O) groups is 1. The molecule has 50 valence electrons. The summed E-state index contributed by atoms with van der Waals surface area (Å²) in [7, 11) is 0. The molecule has 1 aliphatic heterocycles. The van der Waals surface area contributed by atoms with Gasteiger partial charge < -0.3 is 4.74 Å². The van der Waals surface area contributed by atoms with Crippen LogP contribution in [-0.4, -0.2) is 5.97 Å². The zero-order chi connectivity index (χ0) is 7.14. The van der Waals surface area contributed by atoms with E-state index in [9.17, 15) is 4.79 Å². The topological polar surface area (TPSA) is 26.3 Å². The average Bonchev–Trinajstić information content (AvgIpc) is 2.21. The Morgan fingerprint density at radius 2 is 2.10 bits per heavy atom. The van der Waals surface area contributed by atoms with Gasteiger partial charge in [-0.2, -0.15) is 0 Å². The molecule has 0 unspecified atom stereocenters. The molecule has 2 rings (SSSR count). The van der Waals surface area contributed by atoms with E-state index in [0.717, 1.165) is 11.1 Å². The Balaban J connectivity index is 2.48. The van der Waals surface area contributed by atoms with Gasteiger partial charge in [0.2, 0.25) is 0 Å². The molecule has 0 aromatic heterocycles. The minimum atomic E-state index is -0.259. The molecule has 0 fully saturated rings. The van der Waals surface area contributed by atoms with Crippen LogP contribution in [0.2, 0.25) is 0 Å². The second-order valence-electron chi connectivity index (χ2n) is 2.42. The van der Waals surface area contributed by atoms with E-state index in [4.69, 9.17) is 4.74 Å². The number of hydrogen-bond acceptors (Lipinski definition) is 2. The van der Waals surface area contributed by atoms with Crippen LogP contribution in [0.4, 0.5) is 0 Å². The van der Waals surface area contributed by atoms with E-state index in [1.807, 2.05) is 19.1 Å². The van der Waals surface area contributed by atoms with Gasteiger partial charge in [0.15, 0.2) is 0 Å². The van der Waals surface area contributed by atoms with Crippen molar-refractivity contribution in [1.82, 2.24) is 0 Å². The van der Waals surface area contributed by atoms with Gasteiger partial charge in [0.1, 0.15) is 5.76 Å². The third kappa shape index (κ3) is 0.620. The van der Waals surface area contributed by atoms with Crippen LogP contribution in [0.3, 0.4) is 0 Å². The molecule has 0 spiro atoms. The van der Waals surface area contributed by atoms with Crippen molar-refractivity contribution in [1.29, 1.82) is 0 Å². The molecule has 2 aliphatic rings. The van der Waals surface area contributed by atoms with Crippen LogP contribution < -0.4 is 0 Å². The molecule has 1 aliphatic carbocycles. The number of esters is 1.